The van der Waals surface area contributed by atoms with Crippen molar-refractivity contribution in [3.8, 4) is 0 Å². The van der Waals surface area contributed by atoms with E-state index in [0.717, 1.165) is 0 Å². The Morgan fingerprint density at radius 2 is 2.04 bits per heavy atom. The van der Waals surface area contributed by atoms with Crippen LogP contribution in [0.2, 0.25) is 5.02 Å². The van der Waals surface area contributed by atoms with E-state index in [2.05, 4.69) is 15.3 Å². The van der Waals surface area contributed by atoms with Gasteiger partial charge in [0.25, 0.3) is 5.91 Å². The Balaban J connectivity index is 2.13. The number of esters is 1. The summed E-state index contributed by atoms with van der Waals surface area (Å²) in [7, 11) is 5.47. The van der Waals surface area contributed by atoms with Crippen molar-refractivity contribution in [2.24, 2.45) is 0 Å². The van der Waals surface area contributed by atoms with Crippen LogP contribution >= 0.6 is 11.6 Å². The van der Waals surface area contributed by atoms with E-state index in [9.17, 15) is 9.59 Å². The second kappa shape index (κ2) is 6.46. The predicted molar refractivity (Wildman–Crippen MR) is 88.5 cm³/mol. The highest BCUT2D eigenvalue weighted by Crippen LogP contribution is 2.23. The molecular weight excluding hydrogens is 316 g/mol. The summed E-state index contributed by atoms with van der Waals surface area (Å²) in [6.45, 7) is 5.30. The number of aromatic amines is 1. The second-order valence-corrected chi connectivity index (χ2v) is 6.24. The van der Waals surface area contributed by atoms with Gasteiger partial charge >= 0.3 is 5.97 Å². The van der Waals surface area contributed by atoms with Gasteiger partial charge in [0, 0.05) is 11.9 Å². The van der Waals surface area contributed by atoms with E-state index in [-0.39, 0.29) is 22.0 Å². The summed E-state index contributed by atoms with van der Waals surface area (Å²) in [5, 5.41) is 2.78. The number of amides is 1. The Hall–Kier alpha value is -2.28. The Bertz CT molecular complexity index is 753. The average Bonchev–Trinajstić information content (AvgIpc) is 2.83. The first kappa shape index (κ1) is 17.1. The van der Waals surface area contributed by atoms with Crippen LogP contribution < -0.4 is 10.9 Å². The molecule has 0 aliphatic carbocycles. The fraction of sp³-hybridized carbons (Fsp3) is 0.267. The molecule has 0 saturated carbocycles. The van der Waals surface area contributed by atoms with Gasteiger partial charge < -0.3 is 15.0 Å². The van der Waals surface area contributed by atoms with Crippen LogP contribution in [0, 0.1) is 0 Å². The van der Waals surface area contributed by atoms with Gasteiger partial charge in [-0.25, -0.2) is 9.78 Å². The summed E-state index contributed by atoms with van der Waals surface area (Å²) >= 11 is 6.09. The molecule has 6 nitrogen and oxygen atoms in total. The van der Waals surface area contributed by atoms with Crippen LogP contribution in [-0.2, 0) is 4.74 Å². The summed E-state index contributed by atoms with van der Waals surface area (Å²) in [5.74, 6) is -0.920. The number of anilines is 1. The number of nitrogens with zero attached hydrogens (tertiary/aromatic N) is 1. The van der Waals surface area contributed by atoms with Crippen LogP contribution in [0.25, 0.3) is 0 Å². The maximum absolute atomic E-state index is 12.0. The third-order valence-corrected chi connectivity index (χ3v) is 2.97. The molecule has 2 rings (SSSR count). The Morgan fingerprint density at radius 1 is 1.35 bits per heavy atom. The van der Waals surface area contributed by atoms with E-state index >= 15 is 0 Å². The van der Waals surface area contributed by atoms with E-state index in [1.165, 1.54) is 18.3 Å². The SMILES string of the molecule is [B]c1cnc(C(=O)Nc2ccc(C(=O)OC(C)(C)C)c(Cl)c2)[nH]1. The first-order valence-corrected chi connectivity index (χ1v) is 7.18. The van der Waals surface area contributed by atoms with Crippen molar-refractivity contribution in [1.29, 1.82) is 0 Å². The zero-order valence-electron chi connectivity index (χ0n) is 12.9. The lowest BCUT2D eigenvalue weighted by molar-refractivity contribution is 0.00697. The van der Waals surface area contributed by atoms with E-state index in [1.807, 2.05) is 0 Å². The molecule has 8 heteroatoms. The quantitative estimate of drug-likeness (QED) is 0.666. The number of carbonyl (C=O) groups excluding carboxylic acids is 2. The van der Waals surface area contributed by atoms with Gasteiger partial charge in [0.05, 0.1) is 10.6 Å². The number of hydrogen-bond acceptors (Lipinski definition) is 4. The third kappa shape index (κ3) is 4.59. The molecule has 1 aromatic carbocycles. The van der Waals surface area contributed by atoms with Crippen molar-refractivity contribution < 1.29 is 14.3 Å². The Kier molecular flexibility index (Phi) is 4.80. The number of H-pyrrole nitrogens is 1. The monoisotopic (exact) mass is 331 g/mol. The van der Waals surface area contributed by atoms with Crippen LogP contribution in [-0.4, -0.2) is 35.3 Å². The highest BCUT2D eigenvalue weighted by Gasteiger charge is 2.20. The van der Waals surface area contributed by atoms with Gasteiger partial charge in [-0.2, -0.15) is 0 Å². The maximum Gasteiger partial charge on any atom is 0.340 e. The molecule has 0 bridgehead atoms. The molecule has 0 atom stereocenters. The number of aromatic nitrogens is 2. The van der Waals surface area contributed by atoms with Crippen LogP contribution in [0.4, 0.5) is 5.69 Å². The van der Waals surface area contributed by atoms with Gasteiger partial charge in [0.2, 0.25) is 0 Å². The molecule has 0 spiro atoms. The van der Waals surface area contributed by atoms with Crippen molar-refractivity contribution in [3.05, 3.63) is 40.8 Å². The number of hydrogen-bond donors (Lipinski definition) is 2. The van der Waals surface area contributed by atoms with Crippen molar-refractivity contribution in [2.75, 3.05) is 5.32 Å². The van der Waals surface area contributed by atoms with Gasteiger partial charge in [-0.05, 0) is 44.6 Å². The van der Waals surface area contributed by atoms with E-state index < -0.39 is 17.5 Å². The van der Waals surface area contributed by atoms with Crippen molar-refractivity contribution in [2.45, 2.75) is 26.4 Å². The number of benzene rings is 1. The highest BCUT2D eigenvalue weighted by atomic mass is 35.5. The lowest BCUT2D eigenvalue weighted by atomic mass is 10.1. The van der Waals surface area contributed by atoms with Crippen molar-refractivity contribution >= 4 is 42.6 Å². The molecule has 1 amide bonds. The number of halogens is 1. The molecule has 2 radical (unpaired) electrons. The van der Waals surface area contributed by atoms with E-state index in [4.69, 9.17) is 24.2 Å². The first-order chi connectivity index (χ1) is 10.7. The number of nitrogens with one attached hydrogen (secondary N) is 2. The Morgan fingerprint density at radius 3 is 2.57 bits per heavy atom. The predicted octanol–water partition coefficient (Wildman–Crippen LogP) is 2.06. The topological polar surface area (TPSA) is 84.1 Å². The molecule has 1 heterocycles. The lowest BCUT2D eigenvalue weighted by Crippen LogP contribution is -2.24. The van der Waals surface area contributed by atoms with Gasteiger partial charge in [-0.1, -0.05) is 11.6 Å². The van der Waals surface area contributed by atoms with E-state index in [0.29, 0.717) is 5.69 Å². The number of carbonyl (C=O) groups is 2. The summed E-state index contributed by atoms with van der Waals surface area (Å²) in [6.07, 6.45) is 1.34. The first-order valence-electron chi connectivity index (χ1n) is 6.80. The maximum atomic E-state index is 12.0. The molecule has 0 aliphatic rings. The van der Waals surface area contributed by atoms with Gasteiger partial charge in [0.15, 0.2) is 5.82 Å². The molecular formula is C15H15BClN3O3. The minimum absolute atomic E-state index is 0.0786. The molecule has 0 aliphatic heterocycles. The molecule has 2 N–H and O–H groups in total. The minimum Gasteiger partial charge on any atom is -0.456 e. The van der Waals surface area contributed by atoms with Crippen molar-refractivity contribution in [3.63, 3.8) is 0 Å². The molecule has 2 aromatic rings. The fourth-order valence-corrected chi connectivity index (χ4v) is 1.99. The summed E-state index contributed by atoms with van der Waals surface area (Å²) in [5.41, 5.74) is 0.310. The smallest absolute Gasteiger partial charge is 0.340 e. The second-order valence-electron chi connectivity index (χ2n) is 5.84. The number of ether oxygens (including phenoxy) is 1. The van der Waals surface area contributed by atoms with Gasteiger partial charge in [-0.3, -0.25) is 4.79 Å². The average molecular weight is 332 g/mol. The molecule has 0 fully saturated rings. The zero-order valence-corrected chi connectivity index (χ0v) is 13.7. The van der Waals surface area contributed by atoms with Gasteiger partial charge in [0.1, 0.15) is 13.4 Å². The number of rotatable bonds is 3. The molecule has 118 valence electrons. The third-order valence-electron chi connectivity index (χ3n) is 2.66. The summed E-state index contributed by atoms with van der Waals surface area (Å²) < 4.78 is 5.26. The normalized spacial score (nSPS) is 11.1. The fourth-order valence-electron chi connectivity index (χ4n) is 1.73. The lowest BCUT2D eigenvalue weighted by Gasteiger charge is -2.20. The molecule has 0 saturated heterocycles. The largest absolute Gasteiger partial charge is 0.456 e. The Labute approximate surface area is 140 Å². The van der Waals surface area contributed by atoms with Crippen molar-refractivity contribution in [1.82, 2.24) is 9.97 Å². The van der Waals surface area contributed by atoms with Gasteiger partial charge in [-0.15, -0.1) is 0 Å². The van der Waals surface area contributed by atoms with Crippen LogP contribution in [0.15, 0.2) is 24.4 Å². The highest BCUT2D eigenvalue weighted by molar-refractivity contribution is 6.34. The van der Waals surface area contributed by atoms with Crippen LogP contribution in [0.1, 0.15) is 41.7 Å². The summed E-state index contributed by atoms with van der Waals surface area (Å²) in [6, 6.07) is 4.50. The summed E-state index contributed by atoms with van der Waals surface area (Å²) in [4.78, 5) is 30.4. The van der Waals surface area contributed by atoms with E-state index in [1.54, 1.807) is 26.8 Å². The molecule has 1 aromatic heterocycles. The molecule has 23 heavy (non-hydrogen) atoms. The zero-order chi connectivity index (χ0) is 17.2. The minimum atomic E-state index is -0.619. The number of imidazole rings is 1. The van der Waals surface area contributed by atoms with Crippen LogP contribution in [0.5, 0.6) is 0 Å². The van der Waals surface area contributed by atoms with Crippen LogP contribution in [0.3, 0.4) is 0 Å². The standard InChI is InChI=1S/C15H15BClN3O3/c1-15(2,3)23-14(22)9-5-4-8(6-10(9)17)19-13(21)12-18-7-11(16)20-12/h4-7H,1-3H3,(H,18,20)(H,19,21). The molecule has 0 unspecified atom stereocenters.